The molecule has 0 spiro atoms. The van der Waals surface area contributed by atoms with Gasteiger partial charge in [0.05, 0.1) is 6.61 Å². The number of amides is 1. The number of fused-ring (bicyclic) bond motifs is 5. The summed E-state index contributed by atoms with van der Waals surface area (Å²) in [4.78, 5) is 24.0. The molecule has 1 amide bonds. The lowest BCUT2D eigenvalue weighted by atomic mass is 9.44. The van der Waals surface area contributed by atoms with Gasteiger partial charge in [-0.25, -0.2) is 4.79 Å². The molecule has 0 heterocycles. The van der Waals surface area contributed by atoms with Gasteiger partial charge in [0, 0.05) is 0 Å². The highest BCUT2D eigenvalue weighted by atomic mass is 16.6. The van der Waals surface area contributed by atoms with E-state index in [1.807, 2.05) is 0 Å². The molecule has 4 rings (SSSR count). The predicted molar refractivity (Wildman–Crippen MR) is 196 cm³/mol. The second-order valence-electron chi connectivity index (χ2n) is 16.8. The first kappa shape index (κ1) is 42.0. The number of nitrogens with one attached hydrogen (secondary N) is 1. The Labute approximate surface area is 289 Å². The number of hydrogen-bond acceptors (Lipinski definition) is 6. The molecule has 6 N–H and O–H groups in total. The Kier molecular flexibility index (Phi) is 18.3. The van der Waals surface area contributed by atoms with Crippen LogP contribution in [0.5, 0.6) is 0 Å². The van der Waals surface area contributed by atoms with Crippen molar-refractivity contribution in [2.24, 2.45) is 63.7 Å². The minimum absolute atomic E-state index is 0.0858. The second kappa shape index (κ2) is 20.5. The summed E-state index contributed by atoms with van der Waals surface area (Å²) in [5, 5.41) is 11.9. The van der Waals surface area contributed by atoms with Crippen LogP contribution in [0, 0.1) is 52.3 Å². The number of aliphatic hydroxyl groups is 1. The quantitative estimate of drug-likeness (QED) is 0.156. The number of nitrogens with two attached hydrogens (primary N) is 2. The Morgan fingerprint density at radius 3 is 2.00 bits per heavy atom. The highest BCUT2D eigenvalue weighted by Gasteiger charge is 2.60. The number of alkyl carbamates (subject to hydrolysis) is 1. The van der Waals surface area contributed by atoms with E-state index in [2.05, 4.69) is 53.8 Å². The highest BCUT2D eigenvalue weighted by Crippen LogP contribution is 2.68. The van der Waals surface area contributed by atoms with Gasteiger partial charge in [-0.1, -0.05) is 80.6 Å². The molecule has 4 saturated carbocycles. The van der Waals surface area contributed by atoms with Crippen molar-refractivity contribution in [2.75, 3.05) is 19.7 Å². The van der Waals surface area contributed by atoms with Gasteiger partial charge >= 0.3 is 6.09 Å². The lowest BCUT2D eigenvalue weighted by molar-refractivity contribution is -0.130. The van der Waals surface area contributed by atoms with Crippen molar-refractivity contribution in [1.29, 1.82) is 0 Å². The maximum absolute atomic E-state index is 12.4. The van der Waals surface area contributed by atoms with Crippen LogP contribution < -0.4 is 16.8 Å². The Morgan fingerprint density at radius 1 is 0.851 bits per heavy atom. The summed E-state index contributed by atoms with van der Waals surface area (Å²) in [7, 11) is 0. The zero-order valence-electron chi connectivity index (χ0n) is 32.0. The third-order valence-corrected chi connectivity index (χ3v) is 13.2. The van der Waals surface area contributed by atoms with Crippen molar-refractivity contribution in [1.82, 2.24) is 5.32 Å². The van der Waals surface area contributed by atoms with Gasteiger partial charge in [-0.05, 0) is 143 Å². The van der Waals surface area contributed by atoms with Crippen LogP contribution in [0.25, 0.3) is 0 Å². The lowest BCUT2D eigenvalue weighted by Crippen LogP contribution is -2.54. The second-order valence-corrected chi connectivity index (χ2v) is 16.8. The predicted octanol–water partition coefficient (Wildman–Crippen LogP) is 8.64. The van der Waals surface area contributed by atoms with Crippen LogP contribution in [0.4, 0.5) is 4.79 Å². The molecule has 0 aromatic heterocycles. The van der Waals surface area contributed by atoms with E-state index >= 15 is 0 Å². The molecule has 276 valence electrons. The molecule has 0 aliphatic heterocycles. The third kappa shape index (κ3) is 11.4. The average Bonchev–Trinajstić information content (AvgIpc) is 3.38. The van der Waals surface area contributed by atoms with Crippen molar-refractivity contribution in [3.8, 4) is 0 Å². The first-order valence-corrected chi connectivity index (χ1v) is 19.8. The fourth-order valence-electron chi connectivity index (χ4n) is 10.4. The van der Waals surface area contributed by atoms with Crippen LogP contribution in [-0.4, -0.2) is 48.8 Å². The van der Waals surface area contributed by atoms with Gasteiger partial charge in [-0.3, -0.25) is 4.79 Å². The van der Waals surface area contributed by atoms with Crippen molar-refractivity contribution >= 4 is 11.9 Å². The Bertz CT molecular complexity index is 904. The number of ether oxygens (including phenoxy) is 1. The van der Waals surface area contributed by atoms with E-state index in [0.717, 1.165) is 67.9 Å². The number of Topliss-reactive ketones (excluding diaryl/α,β-unsaturated/α-hetero) is 1. The minimum Gasteiger partial charge on any atom is -0.446 e. The maximum Gasteiger partial charge on any atom is 0.408 e. The van der Waals surface area contributed by atoms with E-state index in [1.165, 1.54) is 90.4 Å². The number of ketones is 1. The van der Waals surface area contributed by atoms with Crippen molar-refractivity contribution in [3.05, 3.63) is 0 Å². The number of rotatable bonds is 13. The molecule has 4 aliphatic carbocycles. The number of unbranched alkanes of at least 4 members (excludes halogenated alkanes) is 2. The van der Waals surface area contributed by atoms with Gasteiger partial charge in [0.15, 0.2) is 5.78 Å². The van der Waals surface area contributed by atoms with E-state index in [0.29, 0.717) is 16.7 Å². The van der Waals surface area contributed by atoms with E-state index in [9.17, 15) is 14.7 Å². The molecule has 0 aromatic carbocycles. The van der Waals surface area contributed by atoms with Gasteiger partial charge in [0.2, 0.25) is 0 Å². The van der Waals surface area contributed by atoms with Crippen LogP contribution in [-0.2, 0) is 9.53 Å². The monoisotopic (exact) mass is 664 g/mol. The summed E-state index contributed by atoms with van der Waals surface area (Å²) < 4.78 is 5.76. The average molecular weight is 664 g/mol. The van der Waals surface area contributed by atoms with Gasteiger partial charge in [-0.15, -0.1) is 0 Å². The summed E-state index contributed by atoms with van der Waals surface area (Å²) in [6.07, 6.45) is 19.5. The van der Waals surface area contributed by atoms with Gasteiger partial charge in [0.25, 0.3) is 0 Å². The number of carbonyl (C=O) groups excluding carboxylic acids is 2. The molecule has 4 fully saturated rings. The van der Waals surface area contributed by atoms with Gasteiger partial charge < -0.3 is 26.6 Å². The largest absolute Gasteiger partial charge is 0.446 e. The highest BCUT2D eigenvalue weighted by molar-refractivity contribution is 5.85. The molecule has 0 radical (unpaired) electrons. The molecule has 7 nitrogen and oxygen atoms in total. The summed E-state index contributed by atoms with van der Waals surface area (Å²) >= 11 is 0. The number of carbonyl (C=O) groups is 2. The number of hydrogen-bond donors (Lipinski definition) is 4. The summed E-state index contributed by atoms with van der Waals surface area (Å²) in [6.45, 7) is 19.4. The normalized spacial score (nSPS) is 33.9. The lowest BCUT2D eigenvalue weighted by Gasteiger charge is -2.61. The van der Waals surface area contributed by atoms with E-state index < -0.39 is 18.7 Å². The molecule has 0 saturated heterocycles. The molecular weight excluding hydrogens is 586 g/mol. The van der Waals surface area contributed by atoms with Crippen LogP contribution >= 0.6 is 0 Å². The molecule has 7 heteroatoms. The van der Waals surface area contributed by atoms with Gasteiger partial charge in [0.1, 0.15) is 12.1 Å². The SMILES string of the molecule is CC(=O)C(CO)NC(=O)OC1CCC2(C)C(CCC3C2CCC2(C)C(C(C)CCCC(C)C)CCC32)C1.CCCCN.CCCCN. The number of aliphatic hydroxyl groups excluding tert-OH is 1. The molecule has 10 unspecified atom stereocenters. The third-order valence-electron chi connectivity index (χ3n) is 13.2. The molecule has 0 aromatic rings. The van der Waals surface area contributed by atoms with E-state index in [1.54, 1.807) is 0 Å². The fourth-order valence-corrected chi connectivity index (χ4v) is 10.4. The summed E-state index contributed by atoms with van der Waals surface area (Å²) in [6, 6.07) is -0.874. The fraction of sp³-hybridized carbons (Fsp3) is 0.950. The topological polar surface area (TPSA) is 128 Å². The first-order valence-electron chi connectivity index (χ1n) is 19.8. The smallest absolute Gasteiger partial charge is 0.408 e. The van der Waals surface area contributed by atoms with E-state index in [4.69, 9.17) is 16.2 Å². The zero-order valence-corrected chi connectivity index (χ0v) is 32.0. The first-order chi connectivity index (χ1) is 22.3. The standard InChI is InChI=1S/C32H55NO4.2C4H11N/c1-20(2)8-7-9-21(3)26-12-13-27-25-11-10-23-18-24(37-30(36)33-29(19-34)22(4)35)14-16-31(23,5)28(25)15-17-32(26,27)6;2*1-2-3-4-5/h20-21,23-29,34H,7-19H2,1-6H3,(H,33,36);2*2-5H2,1H3. The van der Waals surface area contributed by atoms with Crippen LogP contribution in [0.2, 0.25) is 0 Å². The van der Waals surface area contributed by atoms with Crippen LogP contribution in [0.15, 0.2) is 0 Å². The Balaban J connectivity index is 0.000000670. The molecular formula is C40H77N3O4. The molecule has 0 bridgehead atoms. The zero-order chi connectivity index (χ0) is 35.2. The van der Waals surface area contributed by atoms with Crippen molar-refractivity contribution in [2.45, 2.75) is 170 Å². The Hall–Kier alpha value is -1.18. The molecule has 10 atom stereocenters. The van der Waals surface area contributed by atoms with Crippen molar-refractivity contribution < 1.29 is 19.4 Å². The van der Waals surface area contributed by atoms with Crippen LogP contribution in [0.3, 0.4) is 0 Å². The van der Waals surface area contributed by atoms with Gasteiger partial charge in [-0.2, -0.15) is 0 Å². The maximum atomic E-state index is 12.4. The minimum atomic E-state index is -0.874. The molecule has 4 aliphatic rings. The Morgan fingerprint density at radius 2 is 1.47 bits per heavy atom. The molecule has 47 heavy (non-hydrogen) atoms. The summed E-state index contributed by atoms with van der Waals surface area (Å²) in [5.41, 5.74) is 11.2. The van der Waals surface area contributed by atoms with E-state index in [-0.39, 0.29) is 11.9 Å². The van der Waals surface area contributed by atoms with Crippen molar-refractivity contribution in [3.63, 3.8) is 0 Å². The summed E-state index contributed by atoms with van der Waals surface area (Å²) in [5.74, 6) is 5.50. The van der Waals surface area contributed by atoms with Crippen LogP contribution in [0.1, 0.15) is 158 Å².